The van der Waals surface area contributed by atoms with Crippen LogP contribution in [0.4, 0.5) is 0 Å². The van der Waals surface area contributed by atoms with Crippen molar-refractivity contribution in [1.29, 1.82) is 0 Å². The Kier molecular flexibility index (Phi) is 9.81. The van der Waals surface area contributed by atoms with Crippen molar-refractivity contribution in [2.45, 2.75) is 84.2 Å². The first kappa shape index (κ1) is 22.6. The summed E-state index contributed by atoms with van der Waals surface area (Å²) >= 11 is 0. The molecule has 0 radical (unpaired) electrons. The first-order valence-corrected chi connectivity index (χ1v) is 9.84. The van der Waals surface area contributed by atoms with Crippen molar-refractivity contribution in [3.8, 4) is 0 Å². The third-order valence-electron chi connectivity index (χ3n) is 4.10. The van der Waals surface area contributed by atoms with Gasteiger partial charge in [-0.3, -0.25) is 9.78 Å². The zero-order valence-electron chi connectivity index (χ0n) is 17.3. The molecule has 1 fully saturated rings. The normalized spacial score (nSPS) is 18.5. The van der Waals surface area contributed by atoms with E-state index in [1.165, 1.54) is 19.3 Å². The number of hydrogen-bond donors (Lipinski definition) is 1. The Morgan fingerprint density at radius 1 is 1.00 bits per heavy atom. The summed E-state index contributed by atoms with van der Waals surface area (Å²) in [6, 6.07) is 5.72. The number of carbonyl (C=O) groups excluding carboxylic acids is 1. The summed E-state index contributed by atoms with van der Waals surface area (Å²) in [6.45, 7) is 12.2. The molecule has 26 heavy (non-hydrogen) atoms. The summed E-state index contributed by atoms with van der Waals surface area (Å²) in [5.41, 5.74) is -0.0771. The van der Waals surface area contributed by atoms with Gasteiger partial charge in [0, 0.05) is 29.9 Å². The van der Waals surface area contributed by atoms with Gasteiger partial charge in [-0.05, 0) is 46.2 Å². The molecule has 0 unspecified atom stereocenters. The minimum Gasteiger partial charge on any atom is -0.368 e. The number of unbranched alkanes of at least 4 members (excludes halogenated alkanes) is 4. The van der Waals surface area contributed by atoms with Crippen molar-refractivity contribution in [2.24, 2.45) is 0 Å². The van der Waals surface area contributed by atoms with Gasteiger partial charge in [-0.2, -0.15) is 0 Å². The molecule has 0 aliphatic carbocycles. The van der Waals surface area contributed by atoms with Crippen molar-refractivity contribution in [3.05, 3.63) is 30.6 Å². The van der Waals surface area contributed by atoms with Crippen molar-refractivity contribution in [3.63, 3.8) is 0 Å². The largest absolute Gasteiger partial charge is 0.368 e. The maximum absolute atomic E-state index is 11.9. The van der Waals surface area contributed by atoms with Gasteiger partial charge < -0.3 is 10.2 Å². The molecular formula is C21H37N3O2. The zero-order valence-corrected chi connectivity index (χ0v) is 17.3. The topological polar surface area (TPSA) is 54.5 Å². The van der Waals surface area contributed by atoms with E-state index < -0.39 is 0 Å². The Hall–Kier alpha value is -1.46. The van der Waals surface area contributed by atoms with Gasteiger partial charge in [0.25, 0.3) is 0 Å². The van der Waals surface area contributed by atoms with Crippen LogP contribution in [0, 0.1) is 0 Å². The highest BCUT2D eigenvalue weighted by Gasteiger charge is 2.38. The van der Waals surface area contributed by atoms with Crippen LogP contribution in [0.25, 0.3) is 0 Å². The molecule has 5 heteroatoms. The highest BCUT2D eigenvalue weighted by Crippen LogP contribution is 2.21. The number of nitrogens with zero attached hydrogens (tertiary/aromatic N) is 2. The van der Waals surface area contributed by atoms with E-state index in [9.17, 15) is 4.79 Å². The van der Waals surface area contributed by atoms with Crippen LogP contribution < -0.4 is 5.32 Å². The molecule has 0 saturated carbocycles. The average Bonchev–Trinajstić information content (AvgIpc) is 2.54. The third kappa shape index (κ3) is 10.5. The average molecular weight is 364 g/mol. The minimum absolute atomic E-state index is 0.0385. The minimum atomic E-state index is -0.0880. The van der Waals surface area contributed by atoms with Gasteiger partial charge in [-0.25, -0.2) is 0 Å². The summed E-state index contributed by atoms with van der Waals surface area (Å²) < 4.78 is 0. The Balaban J connectivity index is 0.000000472. The van der Waals surface area contributed by atoms with Gasteiger partial charge in [-0.1, -0.05) is 38.7 Å². The van der Waals surface area contributed by atoms with Crippen LogP contribution >= 0.6 is 0 Å². The smallest absolute Gasteiger partial charge is 0.325 e. The molecule has 148 valence electrons. The number of carbonyl (C=O) groups is 1. The van der Waals surface area contributed by atoms with E-state index in [4.69, 9.17) is 4.84 Å². The second-order valence-electron chi connectivity index (χ2n) is 8.34. The summed E-state index contributed by atoms with van der Waals surface area (Å²) in [5.74, 6) is -0.0880. The van der Waals surface area contributed by atoms with Gasteiger partial charge >= 0.3 is 5.97 Å². The molecule has 2 rings (SSSR count). The monoisotopic (exact) mass is 363 g/mol. The quantitative estimate of drug-likeness (QED) is 0.730. The first-order valence-electron chi connectivity index (χ1n) is 9.84. The Morgan fingerprint density at radius 2 is 1.58 bits per heavy atom. The van der Waals surface area contributed by atoms with Gasteiger partial charge in [0.05, 0.1) is 13.1 Å². The standard InChI is InChI=1S/C16H32N2O2.C5H5N/c1-6-7-8-9-10-11-14(19)20-18-12-15(2,3)17-16(4,5)13-18;1-2-4-6-5-3-1/h17H,6-13H2,1-5H3;1-5H. The lowest BCUT2D eigenvalue weighted by Gasteiger charge is -2.46. The maximum Gasteiger partial charge on any atom is 0.325 e. The molecule has 1 N–H and O–H groups in total. The van der Waals surface area contributed by atoms with Crippen LogP contribution in [0.1, 0.15) is 73.1 Å². The number of pyridine rings is 1. The molecule has 0 spiro atoms. The lowest BCUT2D eigenvalue weighted by Crippen LogP contribution is -2.66. The number of aromatic nitrogens is 1. The molecule has 0 atom stereocenters. The number of piperazine rings is 1. The van der Waals surface area contributed by atoms with E-state index in [0.29, 0.717) is 6.42 Å². The maximum atomic E-state index is 11.9. The molecule has 1 aliphatic heterocycles. The molecule has 1 aromatic heterocycles. The van der Waals surface area contributed by atoms with Gasteiger partial charge in [0.1, 0.15) is 0 Å². The second-order valence-corrected chi connectivity index (χ2v) is 8.34. The van der Waals surface area contributed by atoms with E-state index in [2.05, 4.69) is 44.9 Å². The van der Waals surface area contributed by atoms with E-state index in [-0.39, 0.29) is 17.0 Å². The Bertz CT molecular complexity index is 461. The fourth-order valence-electron chi connectivity index (χ4n) is 3.37. The van der Waals surface area contributed by atoms with E-state index in [0.717, 1.165) is 25.9 Å². The zero-order chi connectivity index (χ0) is 19.5. The predicted molar refractivity (Wildman–Crippen MR) is 107 cm³/mol. The lowest BCUT2D eigenvalue weighted by molar-refractivity contribution is -0.207. The predicted octanol–water partition coefficient (Wildman–Crippen LogP) is 4.35. The van der Waals surface area contributed by atoms with Crippen molar-refractivity contribution in [1.82, 2.24) is 15.4 Å². The molecule has 0 aromatic carbocycles. The van der Waals surface area contributed by atoms with Crippen molar-refractivity contribution >= 4 is 5.97 Å². The summed E-state index contributed by atoms with van der Waals surface area (Å²) in [7, 11) is 0. The van der Waals surface area contributed by atoms with Crippen LogP contribution in [0.3, 0.4) is 0 Å². The van der Waals surface area contributed by atoms with Crippen molar-refractivity contribution < 1.29 is 9.63 Å². The fourth-order valence-corrected chi connectivity index (χ4v) is 3.37. The molecule has 1 aromatic rings. The van der Waals surface area contributed by atoms with Crippen LogP contribution in [0.2, 0.25) is 0 Å². The summed E-state index contributed by atoms with van der Waals surface area (Å²) in [6.07, 6.45) is 9.82. The molecule has 1 aliphatic rings. The number of hydroxylamine groups is 2. The van der Waals surface area contributed by atoms with Crippen LogP contribution in [-0.4, -0.2) is 40.2 Å². The van der Waals surface area contributed by atoms with Crippen LogP contribution in [-0.2, 0) is 9.63 Å². The van der Waals surface area contributed by atoms with Gasteiger partial charge in [0.2, 0.25) is 0 Å². The third-order valence-corrected chi connectivity index (χ3v) is 4.10. The molecule has 5 nitrogen and oxygen atoms in total. The molecule has 0 amide bonds. The molecule has 0 bridgehead atoms. The van der Waals surface area contributed by atoms with E-state index in [1.54, 1.807) is 12.4 Å². The van der Waals surface area contributed by atoms with Crippen LogP contribution in [0.15, 0.2) is 30.6 Å². The van der Waals surface area contributed by atoms with Crippen LogP contribution in [0.5, 0.6) is 0 Å². The second kappa shape index (κ2) is 11.3. The van der Waals surface area contributed by atoms with E-state index >= 15 is 0 Å². The molecular weight excluding hydrogens is 326 g/mol. The Morgan fingerprint density at radius 3 is 2.04 bits per heavy atom. The van der Waals surface area contributed by atoms with E-state index in [1.807, 2.05) is 23.3 Å². The van der Waals surface area contributed by atoms with Gasteiger partial charge in [-0.15, -0.1) is 5.06 Å². The van der Waals surface area contributed by atoms with Gasteiger partial charge in [0.15, 0.2) is 0 Å². The first-order chi connectivity index (χ1) is 12.2. The fraction of sp³-hybridized carbons (Fsp3) is 0.714. The van der Waals surface area contributed by atoms with Crippen molar-refractivity contribution in [2.75, 3.05) is 13.1 Å². The number of rotatable bonds is 7. The lowest BCUT2D eigenvalue weighted by atomic mass is 9.93. The molecule has 1 saturated heterocycles. The summed E-state index contributed by atoms with van der Waals surface area (Å²) in [5, 5.41) is 5.39. The Labute approximate surface area is 159 Å². The highest BCUT2D eigenvalue weighted by atomic mass is 16.7. The number of hydrogen-bond acceptors (Lipinski definition) is 5. The SMILES string of the molecule is CCCCCCCC(=O)ON1CC(C)(C)NC(C)(C)C1.c1ccncc1. The summed E-state index contributed by atoms with van der Waals surface area (Å²) in [4.78, 5) is 21.2. The highest BCUT2D eigenvalue weighted by molar-refractivity contribution is 5.68. The number of nitrogens with one attached hydrogen (secondary N) is 1. The molecule has 2 heterocycles.